The summed E-state index contributed by atoms with van der Waals surface area (Å²) in [5.74, 6) is -0.729. The van der Waals surface area contributed by atoms with E-state index < -0.39 is 5.79 Å². The van der Waals surface area contributed by atoms with E-state index in [-0.39, 0.29) is 30.2 Å². The Balaban J connectivity index is 1.68. The predicted octanol–water partition coefficient (Wildman–Crippen LogP) is 3.07. The van der Waals surface area contributed by atoms with E-state index in [1.165, 1.54) is 0 Å². The standard InChI is InChI=1S/C19H26O5/c1-4-21-16(20)11-14-10-15-18(24-19(2,3)23-15)17(14)22-12-13-8-6-5-7-9-13/h5-9,14-15,17-18H,4,10-12H2,1-3H3/t14-,15+,17-,18+/m0/s1. The molecule has 4 atom stereocenters. The van der Waals surface area contributed by atoms with E-state index in [1.807, 2.05) is 51.1 Å². The average molecular weight is 334 g/mol. The van der Waals surface area contributed by atoms with Crippen LogP contribution < -0.4 is 0 Å². The van der Waals surface area contributed by atoms with Crippen molar-refractivity contribution in [1.82, 2.24) is 0 Å². The summed E-state index contributed by atoms with van der Waals surface area (Å²) < 4.78 is 23.3. The molecule has 0 amide bonds. The third-order valence-electron chi connectivity index (χ3n) is 4.56. The molecule has 24 heavy (non-hydrogen) atoms. The van der Waals surface area contributed by atoms with Crippen LogP contribution in [0, 0.1) is 5.92 Å². The van der Waals surface area contributed by atoms with Crippen molar-refractivity contribution in [1.29, 1.82) is 0 Å². The molecule has 0 unspecified atom stereocenters. The van der Waals surface area contributed by atoms with Crippen molar-refractivity contribution >= 4 is 5.97 Å². The molecule has 0 N–H and O–H groups in total. The Bertz CT molecular complexity index is 556. The second-order valence-electron chi connectivity index (χ2n) is 6.90. The van der Waals surface area contributed by atoms with Gasteiger partial charge in [-0.25, -0.2) is 0 Å². The van der Waals surface area contributed by atoms with Gasteiger partial charge in [0.2, 0.25) is 0 Å². The van der Waals surface area contributed by atoms with Gasteiger partial charge in [-0.15, -0.1) is 0 Å². The second-order valence-corrected chi connectivity index (χ2v) is 6.90. The minimum absolute atomic E-state index is 0.0276. The second kappa shape index (κ2) is 7.21. The molecule has 5 heteroatoms. The number of hydrogen-bond acceptors (Lipinski definition) is 5. The quantitative estimate of drug-likeness (QED) is 0.749. The van der Waals surface area contributed by atoms with Crippen LogP contribution in [-0.2, 0) is 30.3 Å². The molecule has 132 valence electrons. The molecule has 1 heterocycles. The minimum Gasteiger partial charge on any atom is -0.466 e. The van der Waals surface area contributed by atoms with Crippen molar-refractivity contribution in [3.63, 3.8) is 0 Å². The van der Waals surface area contributed by atoms with Crippen molar-refractivity contribution in [3.8, 4) is 0 Å². The van der Waals surface area contributed by atoms with Crippen LogP contribution in [0.15, 0.2) is 30.3 Å². The molecule has 1 saturated carbocycles. The van der Waals surface area contributed by atoms with Crippen molar-refractivity contribution in [3.05, 3.63) is 35.9 Å². The smallest absolute Gasteiger partial charge is 0.306 e. The lowest BCUT2D eigenvalue weighted by Gasteiger charge is -2.26. The zero-order chi connectivity index (χ0) is 17.2. The number of carbonyl (C=O) groups is 1. The molecule has 1 aliphatic heterocycles. The van der Waals surface area contributed by atoms with Crippen LogP contribution in [0.3, 0.4) is 0 Å². The van der Waals surface area contributed by atoms with Crippen LogP contribution in [0.1, 0.15) is 39.2 Å². The van der Waals surface area contributed by atoms with Gasteiger partial charge in [0.25, 0.3) is 0 Å². The lowest BCUT2D eigenvalue weighted by Crippen LogP contribution is -2.35. The number of esters is 1. The largest absolute Gasteiger partial charge is 0.466 e. The molecule has 1 aromatic carbocycles. The number of hydrogen-bond donors (Lipinski definition) is 0. The van der Waals surface area contributed by atoms with Crippen LogP contribution in [0.4, 0.5) is 0 Å². The molecule has 0 spiro atoms. The van der Waals surface area contributed by atoms with Crippen LogP contribution in [-0.4, -0.2) is 36.7 Å². The third-order valence-corrected chi connectivity index (χ3v) is 4.56. The molecular weight excluding hydrogens is 308 g/mol. The van der Waals surface area contributed by atoms with E-state index in [2.05, 4.69) is 0 Å². The molecule has 2 fully saturated rings. The number of ether oxygens (including phenoxy) is 4. The van der Waals surface area contributed by atoms with Crippen LogP contribution >= 0.6 is 0 Å². The number of rotatable bonds is 6. The van der Waals surface area contributed by atoms with Gasteiger partial charge in [-0.3, -0.25) is 4.79 Å². The predicted molar refractivity (Wildman–Crippen MR) is 88.2 cm³/mol. The highest BCUT2D eigenvalue weighted by atomic mass is 16.8. The Hall–Kier alpha value is -1.43. The molecule has 0 aromatic heterocycles. The monoisotopic (exact) mass is 334 g/mol. The van der Waals surface area contributed by atoms with Gasteiger partial charge in [0.05, 0.1) is 31.8 Å². The van der Waals surface area contributed by atoms with Gasteiger partial charge in [-0.2, -0.15) is 0 Å². The summed E-state index contributed by atoms with van der Waals surface area (Å²) in [6, 6.07) is 10.0. The normalized spacial score (nSPS) is 31.0. The molecule has 1 aromatic rings. The van der Waals surface area contributed by atoms with Crippen molar-refractivity contribution in [2.75, 3.05) is 6.61 Å². The molecule has 0 bridgehead atoms. The van der Waals surface area contributed by atoms with Gasteiger partial charge >= 0.3 is 5.97 Å². The van der Waals surface area contributed by atoms with Gasteiger partial charge < -0.3 is 18.9 Å². The van der Waals surface area contributed by atoms with E-state index in [1.54, 1.807) is 0 Å². The summed E-state index contributed by atoms with van der Waals surface area (Å²) in [4.78, 5) is 11.9. The molecule has 1 saturated heterocycles. The Morgan fingerprint density at radius 1 is 1.25 bits per heavy atom. The van der Waals surface area contributed by atoms with Gasteiger partial charge in [-0.1, -0.05) is 30.3 Å². The topological polar surface area (TPSA) is 54.0 Å². The summed E-state index contributed by atoms with van der Waals surface area (Å²) in [6.07, 6.45) is 0.768. The minimum atomic E-state index is -0.599. The average Bonchev–Trinajstić information content (AvgIpc) is 2.98. The highest BCUT2D eigenvalue weighted by molar-refractivity contribution is 5.69. The maximum atomic E-state index is 11.9. The maximum Gasteiger partial charge on any atom is 0.306 e. The van der Waals surface area contributed by atoms with E-state index in [0.717, 1.165) is 12.0 Å². The van der Waals surface area contributed by atoms with E-state index in [9.17, 15) is 4.79 Å². The molecule has 2 aliphatic rings. The van der Waals surface area contributed by atoms with Crippen LogP contribution in [0.2, 0.25) is 0 Å². The molecule has 0 radical (unpaired) electrons. The lowest BCUT2D eigenvalue weighted by molar-refractivity contribution is -0.176. The highest BCUT2D eigenvalue weighted by Gasteiger charge is 2.54. The SMILES string of the molecule is CCOC(=O)C[C@@H]1C[C@H]2OC(C)(C)O[C@H]2[C@H]1OCc1ccccc1. The van der Waals surface area contributed by atoms with E-state index in [4.69, 9.17) is 18.9 Å². The fourth-order valence-electron chi connectivity index (χ4n) is 3.66. The molecule has 1 aliphatic carbocycles. The first kappa shape index (κ1) is 17.4. The summed E-state index contributed by atoms with van der Waals surface area (Å²) in [6.45, 7) is 6.55. The van der Waals surface area contributed by atoms with E-state index >= 15 is 0 Å². The van der Waals surface area contributed by atoms with Gasteiger partial charge in [0, 0.05) is 5.92 Å². The van der Waals surface area contributed by atoms with Gasteiger partial charge in [0.1, 0.15) is 6.10 Å². The summed E-state index contributed by atoms with van der Waals surface area (Å²) in [5.41, 5.74) is 1.11. The van der Waals surface area contributed by atoms with Crippen LogP contribution in [0.25, 0.3) is 0 Å². The number of fused-ring (bicyclic) bond motifs is 1. The Labute approximate surface area is 143 Å². The third kappa shape index (κ3) is 3.97. The Kier molecular flexibility index (Phi) is 5.23. The zero-order valence-corrected chi connectivity index (χ0v) is 14.6. The fourth-order valence-corrected chi connectivity index (χ4v) is 3.66. The summed E-state index contributed by atoms with van der Waals surface area (Å²) in [5, 5.41) is 0. The highest BCUT2D eigenvalue weighted by Crippen LogP contribution is 2.44. The summed E-state index contributed by atoms with van der Waals surface area (Å²) in [7, 11) is 0. The Morgan fingerprint density at radius 2 is 2.00 bits per heavy atom. The lowest BCUT2D eigenvalue weighted by atomic mass is 10.0. The van der Waals surface area contributed by atoms with Crippen LogP contribution in [0.5, 0.6) is 0 Å². The van der Waals surface area contributed by atoms with Crippen molar-refractivity contribution in [2.24, 2.45) is 5.92 Å². The van der Waals surface area contributed by atoms with Gasteiger partial charge in [-0.05, 0) is 32.8 Å². The molecular formula is C19H26O5. The molecule has 5 nitrogen and oxygen atoms in total. The first-order chi connectivity index (χ1) is 11.5. The van der Waals surface area contributed by atoms with Gasteiger partial charge in [0.15, 0.2) is 5.79 Å². The zero-order valence-electron chi connectivity index (χ0n) is 14.6. The maximum absolute atomic E-state index is 11.9. The number of benzene rings is 1. The van der Waals surface area contributed by atoms with Crippen molar-refractivity contribution in [2.45, 2.75) is 64.3 Å². The molecule has 3 rings (SSSR count). The first-order valence-electron chi connectivity index (χ1n) is 8.65. The van der Waals surface area contributed by atoms with E-state index in [0.29, 0.717) is 19.6 Å². The fraction of sp³-hybridized carbons (Fsp3) is 0.632. The first-order valence-corrected chi connectivity index (χ1v) is 8.65. The summed E-state index contributed by atoms with van der Waals surface area (Å²) >= 11 is 0. The van der Waals surface area contributed by atoms with Crippen molar-refractivity contribution < 1.29 is 23.7 Å². The number of carbonyl (C=O) groups excluding carboxylic acids is 1. The Morgan fingerprint density at radius 3 is 2.71 bits per heavy atom.